The Morgan fingerprint density at radius 1 is 0.611 bits per heavy atom. The lowest BCUT2D eigenvalue weighted by Crippen LogP contribution is -2.17. The van der Waals surface area contributed by atoms with Gasteiger partial charge in [-0.2, -0.15) is 21.0 Å². The second-order valence-electron chi connectivity index (χ2n) is 7.44. The molecule has 2 aliphatic heterocycles. The highest BCUT2D eigenvalue weighted by atomic mass is 32.2. The first-order valence-electron chi connectivity index (χ1n) is 10.5. The number of hydrogen-bond donors (Lipinski definition) is 0. The Labute approximate surface area is 224 Å². The third-order valence-corrected chi connectivity index (χ3v) is 9.84. The van der Waals surface area contributed by atoms with Gasteiger partial charge in [0.25, 0.3) is 0 Å². The Morgan fingerprint density at radius 2 is 1.11 bits per heavy atom. The van der Waals surface area contributed by atoms with Gasteiger partial charge >= 0.3 is 0 Å². The van der Waals surface area contributed by atoms with E-state index in [4.69, 9.17) is 0 Å². The third-order valence-electron chi connectivity index (χ3n) is 5.58. The molecule has 3 aromatic rings. The van der Waals surface area contributed by atoms with Gasteiger partial charge in [0.2, 0.25) is 0 Å². The van der Waals surface area contributed by atoms with Crippen molar-refractivity contribution >= 4 is 82.6 Å². The van der Waals surface area contributed by atoms with E-state index in [2.05, 4.69) is 39.8 Å². The summed E-state index contributed by atoms with van der Waals surface area (Å²) in [5, 5.41) is 52.7. The molecule has 2 aliphatic rings. The predicted octanol–water partition coefficient (Wildman–Crippen LogP) is 6.80. The minimum absolute atomic E-state index is 0.153. The molecule has 0 fully saturated rings. The zero-order valence-electron chi connectivity index (χ0n) is 18.4. The van der Waals surface area contributed by atoms with Gasteiger partial charge in [0.1, 0.15) is 35.4 Å². The van der Waals surface area contributed by atoms with Gasteiger partial charge in [-0.15, -0.1) is 0 Å². The van der Waals surface area contributed by atoms with Crippen LogP contribution in [0.3, 0.4) is 0 Å². The van der Waals surface area contributed by atoms with E-state index in [1.165, 1.54) is 10.3 Å². The minimum Gasteiger partial charge on any atom is -0.192 e. The number of benzene rings is 3. The summed E-state index contributed by atoms with van der Waals surface area (Å²) < 4.78 is 2.33. The van der Waals surface area contributed by atoms with E-state index < -0.39 is 0 Å². The molecule has 4 nitrogen and oxygen atoms in total. The summed E-state index contributed by atoms with van der Waals surface area (Å²) in [6.45, 7) is 0. The summed E-state index contributed by atoms with van der Waals surface area (Å²) in [5.74, 6) is 0. The van der Waals surface area contributed by atoms with Gasteiger partial charge in [-0.05, 0) is 60.9 Å². The first-order valence-corrected chi connectivity index (χ1v) is 14.0. The van der Waals surface area contributed by atoms with Crippen LogP contribution in [0.15, 0.2) is 81.3 Å². The van der Waals surface area contributed by atoms with E-state index in [0.717, 1.165) is 36.2 Å². The van der Waals surface area contributed by atoms with Crippen molar-refractivity contribution in [1.82, 2.24) is 0 Å². The van der Waals surface area contributed by atoms with Crippen LogP contribution in [0.2, 0.25) is 0 Å². The Kier molecular flexibility index (Phi) is 6.97. The minimum atomic E-state index is -0.173. The molecule has 0 amide bonds. The molecule has 36 heavy (non-hydrogen) atoms. The quantitative estimate of drug-likeness (QED) is 0.202. The SMILES string of the molecule is N#CC(C#N)=CC(=C(C#N)C#N)c1ccc2c(=C3SC=CS3)c3ccccc3c(=C3SC=CS3)c2c1. The van der Waals surface area contributed by atoms with Crippen molar-refractivity contribution in [3.05, 3.63) is 97.3 Å². The zero-order chi connectivity index (χ0) is 25.1. The van der Waals surface area contributed by atoms with Gasteiger partial charge in [0, 0.05) is 16.0 Å². The Bertz CT molecular complexity index is 1830. The molecule has 0 unspecified atom stereocenters. The summed E-state index contributed by atoms with van der Waals surface area (Å²) in [6.07, 6.45) is 1.32. The average molecular weight is 533 g/mol. The first kappa shape index (κ1) is 24.0. The molecule has 0 atom stereocenters. The molecule has 0 aromatic heterocycles. The molecule has 0 radical (unpaired) electrons. The highest BCUT2D eigenvalue weighted by molar-refractivity contribution is 8.35. The lowest BCUT2D eigenvalue weighted by atomic mass is 9.93. The standard InChI is InChI=1S/C28H12N4S4/c29-13-17(14-30)11-23(19(15-31)16-32)18-5-6-22-24(12-18)26(28-35-9-10-36-28)21-4-2-1-3-20(21)25(22)27-33-7-8-34-27/h1-12H. The molecule has 0 saturated carbocycles. The zero-order valence-corrected chi connectivity index (χ0v) is 21.6. The van der Waals surface area contributed by atoms with Crippen molar-refractivity contribution in [2.75, 3.05) is 0 Å². The molecule has 5 rings (SSSR count). The van der Waals surface area contributed by atoms with E-state index >= 15 is 0 Å². The molecule has 0 saturated heterocycles. The van der Waals surface area contributed by atoms with Crippen molar-refractivity contribution < 1.29 is 0 Å². The fourth-order valence-electron chi connectivity index (χ4n) is 4.11. The van der Waals surface area contributed by atoms with Crippen molar-refractivity contribution in [2.24, 2.45) is 0 Å². The van der Waals surface area contributed by atoms with Crippen LogP contribution in [0.5, 0.6) is 0 Å². The number of hydrogen-bond acceptors (Lipinski definition) is 8. The summed E-state index contributed by atoms with van der Waals surface area (Å²) in [5.41, 5.74) is 0.532. The van der Waals surface area contributed by atoms with E-state index in [0.29, 0.717) is 5.56 Å². The third kappa shape index (κ3) is 4.22. The van der Waals surface area contributed by atoms with Gasteiger partial charge in [-0.3, -0.25) is 0 Å². The molecule has 2 heterocycles. The fraction of sp³-hybridized carbons (Fsp3) is 0. The van der Waals surface area contributed by atoms with E-state index in [1.54, 1.807) is 47.0 Å². The molecular formula is C28H12N4S4. The summed E-state index contributed by atoms with van der Waals surface area (Å²) in [4.78, 5) is 0. The maximum atomic E-state index is 9.63. The molecule has 0 spiro atoms. The summed E-state index contributed by atoms with van der Waals surface area (Å²) in [7, 11) is 0. The number of allylic oxidation sites excluding steroid dienone is 4. The summed E-state index contributed by atoms with van der Waals surface area (Å²) >= 11 is 6.72. The van der Waals surface area contributed by atoms with Crippen molar-refractivity contribution in [3.8, 4) is 24.3 Å². The van der Waals surface area contributed by atoms with Crippen molar-refractivity contribution in [1.29, 1.82) is 21.0 Å². The topological polar surface area (TPSA) is 95.2 Å². The van der Waals surface area contributed by atoms with E-state index in [-0.39, 0.29) is 16.7 Å². The van der Waals surface area contributed by atoms with Gasteiger partial charge in [-0.1, -0.05) is 83.4 Å². The molecule has 0 bridgehead atoms. The maximum Gasteiger partial charge on any atom is 0.137 e. The van der Waals surface area contributed by atoms with Crippen LogP contribution < -0.4 is 10.4 Å². The van der Waals surface area contributed by atoms with E-state index in [1.807, 2.05) is 48.5 Å². The largest absolute Gasteiger partial charge is 0.192 e. The van der Waals surface area contributed by atoms with Crippen molar-refractivity contribution in [2.45, 2.75) is 0 Å². The lowest BCUT2D eigenvalue weighted by Gasteiger charge is -2.13. The van der Waals surface area contributed by atoms with Crippen LogP contribution in [0.25, 0.3) is 35.6 Å². The average Bonchev–Trinajstić information content (AvgIpc) is 3.64. The van der Waals surface area contributed by atoms with Crippen LogP contribution in [0.1, 0.15) is 5.56 Å². The molecule has 0 aliphatic carbocycles. The van der Waals surface area contributed by atoms with Gasteiger partial charge in [0.15, 0.2) is 0 Å². The van der Waals surface area contributed by atoms with Gasteiger partial charge in [0.05, 0.1) is 8.47 Å². The normalized spacial score (nSPS) is 13.8. The van der Waals surface area contributed by atoms with Crippen LogP contribution in [-0.4, -0.2) is 0 Å². The van der Waals surface area contributed by atoms with E-state index in [9.17, 15) is 21.0 Å². The molecular weight excluding hydrogens is 521 g/mol. The number of fused-ring (bicyclic) bond motifs is 2. The Balaban J connectivity index is 1.99. The maximum absolute atomic E-state index is 9.63. The highest BCUT2D eigenvalue weighted by Gasteiger charge is 2.17. The molecule has 3 aromatic carbocycles. The monoisotopic (exact) mass is 532 g/mol. The van der Waals surface area contributed by atoms with Gasteiger partial charge < -0.3 is 0 Å². The molecule has 0 N–H and O–H groups in total. The van der Waals surface area contributed by atoms with Crippen LogP contribution in [0, 0.1) is 45.3 Å². The predicted molar refractivity (Wildman–Crippen MR) is 154 cm³/mol. The number of nitriles is 4. The summed E-state index contributed by atoms with van der Waals surface area (Å²) in [6, 6.07) is 21.7. The smallest absolute Gasteiger partial charge is 0.137 e. The van der Waals surface area contributed by atoms with Crippen LogP contribution in [0.4, 0.5) is 0 Å². The Hall–Kier alpha value is -3.76. The van der Waals surface area contributed by atoms with Gasteiger partial charge in [-0.25, -0.2) is 0 Å². The number of nitrogens with zero attached hydrogens (tertiary/aromatic N) is 4. The highest BCUT2D eigenvalue weighted by Crippen LogP contribution is 2.41. The van der Waals surface area contributed by atoms with Crippen molar-refractivity contribution in [3.63, 3.8) is 0 Å². The lowest BCUT2D eigenvalue weighted by molar-refractivity contribution is 1.44. The first-order chi connectivity index (χ1) is 17.7. The van der Waals surface area contributed by atoms with Crippen LogP contribution in [-0.2, 0) is 0 Å². The van der Waals surface area contributed by atoms with Crippen LogP contribution >= 0.6 is 47.0 Å². The Morgan fingerprint density at radius 3 is 1.61 bits per heavy atom. The number of rotatable bonds is 2. The number of thioether (sulfide) groups is 4. The molecule has 168 valence electrons. The molecule has 8 heteroatoms. The second kappa shape index (κ2) is 10.5. The fourth-order valence-corrected chi connectivity index (χ4v) is 7.96. The second-order valence-corrected chi connectivity index (χ2v) is 11.6.